The maximum atomic E-state index is 3.48. The van der Waals surface area contributed by atoms with Crippen LogP contribution in [0, 0.1) is 12.8 Å². The number of hydrogen-bond acceptors (Lipinski definition) is 2. The van der Waals surface area contributed by atoms with Gasteiger partial charge < -0.3 is 5.32 Å². The second-order valence-electron chi connectivity index (χ2n) is 5.37. The lowest BCUT2D eigenvalue weighted by atomic mass is 9.85. The van der Waals surface area contributed by atoms with Crippen molar-refractivity contribution >= 4 is 11.3 Å². The maximum Gasteiger partial charge on any atom is 0.0412 e. The summed E-state index contributed by atoms with van der Waals surface area (Å²) >= 11 is 1.94. The molecule has 0 aromatic carbocycles. The molecule has 17 heavy (non-hydrogen) atoms. The summed E-state index contributed by atoms with van der Waals surface area (Å²) in [5.74, 6) is 1.00. The molecule has 1 nitrogen and oxygen atoms in total. The number of rotatable bonds is 5. The van der Waals surface area contributed by atoms with Gasteiger partial charge in [0.05, 0.1) is 0 Å². The molecule has 0 amide bonds. The molecular weight excluding hydrogens is 226 g/mol. The van der Waals surface area contributed by atoms with Crippen molar-refractivity contribution in [1.82, 2.24) is 5.32 Å². The Labute approximate surface area is 110 Å². The van der Waals surface area contributed by atoms with Gasteiger partial charge in [-0.2, -0.15) is 0 Å². The third-order valence-corrected chi connectivity index (χ3v) is 5.16. The van der Waals surface area contributed by atoms with E-state index >= 15 is 0 Å². The first-order valence-electron chi connectivity index (χ1n) is 7.03. The zero-order chi connectivity index (χ0) is 12.1. The predicted molar refractivity (Wildman–Crippen MR) is 76.7 cm³/mol. The molecule has 2 rings (SSSR count). The summed E-state index contributed by atoms with van der Waals surface area (Å²) in [6.45, 7) is 2.20. The van der Waals surface area contributed by atoms with Crippen molar-refractivity contribution in [3.05, 3.63) is 21.9 Å². The molecule has 1 aliphatic carbocycles. The summed E-state index contributed by atoms with van der Waals surface area (Å²) in [7, 11) is 2.10. The van der Waals surface area contributed by atoms with Crippen molar-refractivity contribution in [2.75, 3.05) is 7.05 Å². The Kier molecular flexibility index (Phi) is 5.05. The van der Waals surface area contributed by atoms with E-state index in [9.17, 15) is 0 Å². The van der Waals surface area contributed by atoms with Crippen LogP contribution in [0.25, 0.3) is 0 Å². The van der Waals surface area contributed by atoms with E-state index in [0.29, 0.717) is 6.04 Å². The van der Waals surface area contributed by atoms with E-state index in [-0.39, 0.29) is 0 Å². The first-order chi connectivity index (χ1) is 8.29. The van der Waals surface area contributed by atoms with Crippen molar-refractivity contribution in [2.45, 2.75) is 57.9 Å². The van der Waals surface area contributed by atoms with Gasteiger partial charge in [-0.05, 0) is 44.9 Å². The van der Waals surface area contributed by atoms with Crippen LogP contribution in [-0.2, 0) is 0 Å². The number of aryl methyl sites for hydroxylation is 1. The van der Waals surface area contributed by atoms with Crippen LogP contribution in [0.2, 0.25) is 0 Å². The third kappa shape index (κ3) is 3.82. The highest BCUT2D eigenvalue weighted by Crippen LogP contribution is 2.32. The van der Waals surface area contributed by atoms with Gasteiger partial charge >= 0.3 is 0 Å². The second kappa shape index (κ2) is 6.55. The van der Waals surface area contributed by atoms with E-state index in [1.807, 2.05) is 11.3 Å². The van der Waals surface area contributed by atoms with Crippen LogP contribution in [0.4, 0.5) is 0 Å². The molecule has 1 aromatic heterocycles. The molecule has 96 valence electrons. The average Bonchev–Trinajstić information content (AvgIpc) is 2.78. The van der Waals surface area contributed by atoms with Gasteiger partial charge in [0.1, 0.15) is 0 Å². The fourth-order valence-electron chi connectivity index (χ4n) is 2.95. The predicted octanol–water partition coefficient (Wildman–Crippen LogP) is 4.68. The fourth-order valence-corrected chi connectivity index (χ4v) is 3.97. The molecule has 0 spiro atoms. The number of hydrogen-bond donors (Lipinski definition) is 1. The smallest absolute Gasteiger partial charge is 0.0412 e. The first kappa shape index (κ1) is 13.1. The molecule has 0 aliphatic heterocycles. The molecule has 0 saturated heterocycles. The van der Waals surface area contributed by atoms with E-state index in [0.717, 1.165) is 5.92 Å². The Bertz CT molecular complexity index is 325. The lowest BCUT2D eigenvalue weighted by Crippen LogP contribution is -2.17. The van der Waals surface area contributed by atoms with Gasteiger partial charge in [-0.15, -0.1) is 11.3 Å². The fraction of sp³-hybridized carbons (Fsp3) is 0.733. The average molecular weight is 251 g/mol. The molecule has 1 aromatic rings. The lowest BCUT2D eigenvalue weighted by molar-refractivity contribution is 0.318. The van der Waals surface area contributed by atoms with Gasteiger partial charge in [-0.1, -0.05) is 32.1 Å². The minimum atomic E-state index is 0.579. The molecule has 0 radical (unpaired) electrons. The molecule has 1 N–H and O–H groups in total. The number of nitrogens with one attached hydrogen (secondary N) is 1. The van der Waals surface area contributed by atoms with E-state index in [4.69, 9.17) is 0 Å². The largest absolute Gasteiger partial charge is 0.312 e. The highest BCUT2D eigenvalue weighted by Gasteiger charge is 2.17. The van der Waals surface area contributed by atoms with Crippen LogP contribution in [0.1, 0.15) is 60.7 Å². The van der Waals surface area contributed by atoms with Crippen LogP contribution >= 0.6 is 11.3 Å². The third-order valence-electron chi connectivity index (χ3n) is 4.04. The Balaban J connectivity index is 1.82. The van der Waals surface area contributed by atoms with Crippen molar-refractivity contribution < 1.29 is 0 Å². The van der Waals surface area contributed by atoms with Crippen molar-refractivity contribution in [3.8, 4) is 0 Å². The Morgan fingerprint density at radius 3 is 2.65 bits per heavy atom. The van der Waals surface area contributed by atoms with E-state index in [1.54, 1.807) is 0 Å². The highest BCUT2D eigenvalue weighted by molar-refractivity contribution is 7.12. The standard InChI is InChI=1S/C15H25NS/c1-12-8-11-15(17-12)14(16-2)10-9-13-6-4-3-5-7-13/h8,11,13-14,16H,3-7,9-10H2,1-2H3. The molecule has 1 fully saturated rings. The van der Waals surface area contributed by atoms with Crippen LogP contribution in [0.5, 0.6) is 0 Å². The Morgan fingerprint density at radius 2 is 2.06 bits per heavy atom. The summed E-state index contributed by atoms with van der Waals surface area (Å²) in [6.07, 6.45) is 10.1. The molecule has 0 bridgehead atoms. The van der Waals surface area contributed by atoms with Gasteiger partial charge in [-0.25, -0.2) is 0 Å². The lowest BCUT2D eigenvalue weighted by Gasteiger charge is -2.23. The summed E-state index contributed by atoms with van der Waals surface area (Å²) in [5, 5.41) is 3.48. The number of thiophene rings is 1. The maximum absolute atomic E-state index is 3.48. The normalized spacial score (nSPS) is 19.4. The van der Waals surface area contributed by atoms with Gasteiger partial charge in [0.2, 0.25) is 0 Å². The SMILES string of the molecule is CNC(CCC1CCCCC1)c1ccc(C)s1. The highest BCUT2D eigenvalue weighted by atomic mass is 32.1. The monoisotopic (exact) mass is 251 g/mol. The summed E-state index contributed by atoms with van der Waals surface area (Å²) in [5.41, 5.74) is 0. The Morgan fingerprint density at radius 1 is 1.29 bits per heavy atom. The first-order valence-corrected chi connectivity index (χ1v) is 7.85. The van der Waals surface area contributed by atoms with Gasteiger partial charge in [-0.3, -0.25) is 0 Å². The molecule has 1 atom stereocenters. The zero-order valence-electron chi connectivity index (χ0n) is 11.2. The molecule has 2 heteroatoms. The van der Waals surface area contributed by atoms with E-state index in [1.165, 1.54) is 54.7 Å². The molecule has 1 heterocycles. The minimum absolute atomic E-state index is 0.579. The van der Waals surface area contributed by atoms with Crippen molar-refractivity contribution in [3.63, 3.8) is 0 Å². The molecule has 1 saturated carbocycles. The minimum Gasteiger partial charge on any atom is -0.312 e. The van der Waals surface area contributed by atoms with Crippen LogP contribution in [-0.4, -0.2) is 7.05 Å². The second-order valence-corrected chi connectivity index (χ2v) is 6.69. The topological polar surface area (TPSA) is 12.0 Å². The van der Waals surface area contributed by atoms with E-state index < -0.39 is 0 Å². The van der Waals surface area contributed by atoms with Gasteiger partial charge in [0.15, 0.2) is 0 Å². The van der Waals surface area contributed by atoms with Crippen LogP contribution in [0.3, 0.4) is 0 Å². The zero-order valence-corrected chi connectivity index (χ0v) is 12.0. The molecule has 1 aliphatic rings. The van der Waals surface area contributed by atoms with Crippen molar-refractivity contribution in [1.29, 1.82) is 0 Å². The van der Waals surface area contributed by atoms with Crippen LogP contribution < -0.4 is 5.32 Å². The summed E-state index contributed by atoms with van der Waals surface area (Å²) in [6, 6.07) is 5.11. The van der Waals surface area contributed by atoms with Crippen molar-refractivity contribution in [2.24, 2.45) is 5.92 Å². The van der Waals surface area contributed by atoms with Crippen LogP contribution in [0.15, 0.2) is 12.1 Å². The van der Waals surface area contributed by atoms with E-state index in [2.05, 4.69) is 31.4 Å². The molecule has 1 unspecified atom stereocenters. The quantitative estimate of drug-likeness (QED) is 0.801. The summed E-state index contributed by atoms with van der Waals surface area (Å²) in [4.78, 5) is 2.94. The van der Waals surface area contributed by atoms with Gasteiger partial charge in [0.25, 0.3) is 0 Å². The van der Waals surface area contributed by atoms with Gasteiger partial charge in [0, 0.05) is 15.8 Å². The molecular formula is C15H25NS. The summed E-state index contributed by atoms with van der Waals surface area (Å²) < 4.78 is 0. The Hall–Kier alpha value is -0.340.